The van der Waals surface area contributed by atoms with Crippen molar-refractivity contribution in [2.75, 3.05) is 19.8 Å². The van der Waals surface area contributed by atoms with Gasteiger partial charge >= 0.3 is 0 Å². The van der Waals surface area contributed by atoms with Gasteiger partial charge < -0.3 is 14.2 Å². The van der Waals surface area contributed by atoms with Crippen LogP contribution in [0.5, 0.6) is 17.2 Å². The smallest absolute Gasteiger partial charge is 0.250 e. The van der Waals surface area contributed by atoms with Gasteiger partial charge in [-0.1, -0.05) is 153 Å². The van der Waals surface area contributed by atoms with E-state index in [1.807, 2.05) is 0 Å². The first-order chi connectivity index (χ1) is 22.8. The van der Waals surface area contributed by atoms with Gasteiger partial charge in [0, 0.05) is 12.1 Å². The van der Waals surface area contributed by atoms with E-state index in [2.05, 4.69) is 93.6 Å². The lowest BCUT2D eigenvalue weighted by Gasteiger charge is -2.19. The molecule has 0 saturated carbocycles. The van der Waals surface area contributed by atoms with E-state index in [-0.39, 0.29) is 10.9 Å². The molecular formula is C42H63O3S+. The molecule has 0 aliphatic carbocycles. The number of unbranched alkanes of at least 4 members (excludes halogenated alkanes) is 15. The van der Waals surface area contributed by atoms with Gasteiger partial charge in [-0.3, -0.25) is 0 Å². The molecule has 0 atom stereocenters. The number of ether oxygens (including phenoxy) is 3. The second kappa shape index (κ2) is 24.6. The Labute approximate surface area is 285 Å². The maximum atomic E-state index is 6.74. The van der Waals surface area contributed by atoms with Gasteiger partial charge in [-0.2, -0.15) is 0 Å². The normalized spacial score (nSPS) is 11.2. The summed E-state index contributed by atoms with van der Waals surface area (Å²) in [5.41, 5.74) is 0. The van der Waals surface area contributed by atoms with E-state index in [1.54, 1.807) is 0 Å². The third kappa shape index (κ3) is 14.4. The van der Waals surface area contributed by atoms with E-state index in [0.29, 0.717) is 13.2 Å². The van der Waals surface area contributed by atoms with Crippen molar-refractivity contribution in [2.24, 2.45) is 0 Å². The third-order valence-electron chi connectivity index (χ3n) is 8.43. The molecule has 0 saturated heterocycles. The molecular weight excluding hydrogens is 585 g/mol. The molecule has 4 heteroatoms. The molecule has 0 amide bonds. The zero-order valence-corrected chi connectivity index (χ0v) is 30.2. The maximum Gasteiger partial charge on any atom is 0.250 e. The van der Waals surface area contributed by atoms with Gasteiger partial charge in [-0.15, -0.1) is 0 Å². The van der Waals surface area contributed by atoms with E-state index in [4.69, 9.17) is 14.2 Å². The Hall–Kier alpha value is -2.59. The summed E-state index contributed by atoms with van der Waals surface area (Å²) in [5, 5.41) is 0. The van der Waals surface area contributed by atoms with Crippen LogP contribution >= 0.6 is 0 Å². The van der Waals surface area contributed by atoms with Gasteiger partial charge in [0.05, 0.1) is 19.8 Å². The average molecular weight is 648 g/mol. The minimum Gasteiger partial charge on any atom is -0.493 e. The van der Waals surface area contributed by atoms with E-state index in [9.17, 15) is 0 Å². The van der Waals surface area contributed by atoms with Crippen LogP contribution in [0.25, 0.3) is 0 Å². The fourth-order valence-corrected chi connectivity index (χ4v) is 7.98. The van der Waals surface area contributed by atoms with Crippen molar-refractivity contribution in [3.8, 4) is 17.2 Å². The van der Waals surface area contributed by atoms with Crippen molar-refractivity contribution in [3.63, 3.8) is 0 Å². The van der Waals surface area contributed by atoms with Crippen LogP contribution in [0, 0.1) is 0 Å². The second-order valence-corrected chi connectivity index (χ2v) is 14.5. The number of benzene rings is 3. The highest BCUT2D eigenvalue weighted by atomic mass is 32.2. The lowest BCUT2D eigenvalue weighted by molar-refractivity contribution is 0.266. The first-order valence-corrected chi connectivity index (χ1v) is 19.9. The van der Waals surface area contributed by atoms with Gasteiger partial charge in [0.25, 0.3) is 0 Å². The van der Waals surface area contributed by atoms with E-state index in [0.717, 1.165) is 48.0 Å². The van der Waals surface area contributed by atoms with Crippen LogP contribution in [0.15, 0.2) is 87.5 Å². The lowest BCUT2D eigenvalue weighted by Crippen LogP contribution is -2.12. The number of hydrogen-bond acceptors (Lipinski definition) is 3. The molecule has 0 N–H and O–H groups in total. The SMILES string of the molecule is CCCCCCCCOc1cc(OCCCCCCCC)c([S+](c2ccccc2)c2ccccc2)c(OCCCCCCCC)c1. The fraction of sp³-hybridized carbons (Fsp3) is 0.571. The summed E-state index contributed by atoms with van der Waals surface area (Å²) in [4.78, 5) is 3.67. The largest absolute Gasteiger partial charge is 0.493 e. The monoisotopic (exact) mass is 647 g/mol. The summed E-state index contributed by atoms with van der Waals surface area (Å²) >= 11 is 0. The summed E-state index contributed by atoms with van der Waals surface area (Å²) in [5.74, 6) is 2.67. The van der Waals surface area contributed by atoms with Crippen LogP contribution in [0.3, 0.4) is 0 Å². The Bertz CT molecular complexity index is 1070. The highest BCUT2D eigenvalue weighted by Gasteiger charge is 2.37. The molecule has 0 aliphatic heterocycles. The zero-order chi connectivity index (χ0) is 32.5. The summed E-state index contributed by atoms with van der Waals surface area (Å²) < 4.78 is 19.9. The molecule has 0 bridgehead atoms. The maximum absolute atomic E-state index is 6.74. The second-order valence-electron chi connectivity index (χ2n) is 12.5. The quantitative estimate of drug-likeness (QED) is 0.0609. The van der Waals surface area contributed by atoms with Crippen LogP contribution in [-0.4, -0.2) is 19.8 Å². The molecule has 46 heavy (non-hydrogen) atoms. The predicted octanol–water partition coefficient (Wildman–Crippen LogP) is 13.0. The van der Waals surface area contributed by atoms with Gasteiger partial charge in [0.2, 0.25) is 4.90 Å². The first kappa shape index (κ1) is 37.9. The zero-order valence-electron chi connectivity index (χ0n) is 29.4. The van der Waals surface area contributed by atoms with E-state index in [1.165, 1.54) is 106 Å². The Balaban J connectivity index is 1.92. The molecule has 3 rings (SSSR count). The Kier molecular flexibility index (Phi) is 20.2. The van der Waals surface area contributed by atoms with Crippen LogP contribution in [0.1, 0.15) is 136 Å². The molecule has 3 aromatic carbocycles. The van der Waals surface area contributed by atoms with Crippen LogP contribution < -0.4 is 14.2 Å². The highest BCUT2D eigenvalue weighted by molar-refractivity contribution is 7.97. The lowest BCUT2D eigenvalue weighted by atomic mass is 10.1. The van der Waals surface area contributed by atoms with Gasteiger partial charge in [0.1, 0.15) is 16.6 Å². The highest BCUT2D eigenvalue weighted by Crippen LogP contribution is 2.45. The van der Waals surface area contributed by atoms with Crippen molar-refractivity contribution in [3.05, 3.63) is 72.8 Å². The molecule has 0 heterocycles. The van der Waals surface area contributed by atoms with Crippen LogP contribution in [-0.2, 0) is 10.9 Å². The molecule has 0 spiro atoms. The first-order valence-electron chi connectivity index (χ1n) is 18.7. The third-order valence-corrected chi connectivity index (χ3v) is 10.7. The van der Waals surface area contributed by atoms with Crippen molar-refractivity contribution < 1.29 is 14.2 Å². The standard InChI is InChI=1S/C42H63O3S/c1-4-7-10-13-16-25-32-43-37-35-40(44-33-26-17-14-11-8-5-2)42(41(36-37)45-34-27-18-15-12-9-6-3)46(38-28-21-19-22-29-38)39-30-23-20-24-31-39/h19-24,28-31,35-36H,4-18,25-27,32-34H2,1-3H3/q+1. The topological polar surface area (TPSA) is 27.7 Å². The molecule has 0 aromatic heterocycles. The summed E-state index contributed by atoms with van der Waals surface area (Å²) in [6.07, 6.45) is 22.4. The summed E-state index contributed by atoms with van der Waals surface area (Å²) in [7, 11) is -0.387. The molecule has 3 aromatic rings. The fourth-order valence-electron chi connectivity index (χ4n) is 5.74. The number of rotatable bonds is 27. The molecule has 0 radical (unpaired) electrons. The number of hydrogen-bond donors (Lipinski definition) is 0. The van der Waals surface area contributed by atoms with E-state index < -0.39 is 0 Å². The molecule has 254 valence electrons. The van der Waals surface area contributed by atoms with Crippen molar-refractivity contribution >= 4 is 10.9 Å². The molecule has 3 nitrogen and oxygen atoms in total. The van der Waals surface area contributed by atoms with Gasteiger partial charge in [-0.05, 0) is 43.5 Å². The average Bonchev–Trinajstić information content (AvgIpc) is 3.09. The molecule has 0 unspecified atom stereocenters. The summed E-state index contributed by atoms with van der Waals surface area (Å²) in [6, 6.07) is 26.0. The molecule has 0 fully saturated rings. The van der Waals surface area contributed by atoms with Crippen molar-refractivity contribution in [1.82, 2.24) is 0 Å². The Morgan fingerprint density at radius 2 is 0.761 bits per heavy atom. The summed E-state index contributed by atoms with van der Waals surface area (Å²) in [6.45, 7) is 8.95. The van der Waals surface area contributed by atoms with E-state index >= 15 is 0 Å². The van der Waals surface area contributed by atoms with Crippen molar-refractivity contribution in [1.29, 1.82) is 0 Å². The van der Waals surface area contributed by atoms with Crippen LogP contribution in [0.4, 0.5) is 0 Å². The van der Waals surface area contributed by atoms with Gasteiger partial charge in [0.15, 0.2) is 21.3 Å². The molecule has 0 aliphatic rings. The minimum atomic E-state index is -0.387. The Morgan fingerprint density at radius 1 is 0.413 bits per heavy atom. The van der Waals surface area contributed by atoms with Crippen LogP contribution in [0.2, 0.25) is 0 Å². The predicted molar refractivity (Wildman–Crippen MR) is 198 cm³/mol. The Morgan fingerprint density at radius 3 is 1.15 bits per heavy atom. The van der Waals surface area contributed by atoms with Gasteiger partial charge in [-0.25, -0.2) is 0 Å². The van der Waals surface area contributed by atoms with Crippen molar-refractivity contribution in [2.45, 2.75) is 151 Å². The minimum absolute atomic E-state index is 0.387.